The molecule has 16 nitrogen and oxygen atoms in total. The number of carbonyl (C=O) groups excluding carboxylic acids is 1. The van der Waals surface area contributed by atoms with E-state index in [1.807, 2.05) is 0 Å². The molecule has 7 aromatic rings. The summed E-state index contributed by atoms with van der Waals surface area (Å²) < 4.78 is 125. The second-order valence-corrected chi connectivity index (χ2v) is 17.6. The molecule has 2 N–H and O–H groups in total. The van der Waals surface area contributed by atoms with E-state index in [0.29, 0.717) is 22.3 Å². The molecule has 3 atom stereocenters. The smallest absolute Gasteiger partial charge is 0.293 e. The number of hydrogen-bond donors (Lipinski definition) is 2. The zero-order valence-corrected chi connectivity index (χ0v) is 35.0. The summed E-state index contributed by atoms with van der Waals surface area (Å²) in [5.74, 6) is -9.02. The second-order valence-electron chi connectivity index (χ2n) is 15.5. The summed E-state index contributed by atoms with van der Waals surface area (Å²) in [6, 6.07) is 8.08. The number of nitrogens with zero attached hydrogens (tertiary/aromatic N) is 9. The maximum absolute atomic E-state index is 15.5. The number of aromatic nitrogens is 9. The van der Waals surface area contributed by atoms with Crippen LogP contribution in [0.25, 0.3) is 27.6 Å². The number of rotatable bonds is 13. The van der Waals surface area contributed by atoms with Crippen molar-refractivity contribution in [3.63, 3.8) is 0 Å². The predicted molar refractivity (Wildman–Crippen MR) is 217 cm³/mol. The first-order valence-corrected chi connectivity index (χ1v) is 21.5. The number of nitrogens with one attached hydrogen (secondary N) is 2. The third-order valence-electron chi connectivity index (χ3n) is 10.8. The molecule has 0 spiro atoms. The average Bonchev–Trinajstić information content (AvgIpc) is 3.75. The van der Waals surface area contributed by atoms with Crippen LogP contribution < -0.4 is 20.3 Å². The molecule has 0 bridgehead atoms. The van der Waals surface area contributed by atoms with Gasteiger partial charge < -0.3 is 10.1 Å². The number of pyridine rings is 1. The number of alkyl halides is 4. The van der Waals surface area contributed by atoms with Crippen molar-refractivity contribution >= 4 is 55.3 Å². The number of anilines is 1. The molecule has 0 unspecified atom stereocenters. The van der Waals surface area contributed by atoms with Crippen LogP contribution in [0.5, 0.6) is 5.88 Å². The molecule has 332 valence electrons. The van der Waals surface area contributed by atoms with E-state index in [2.05, 4.69) is 35.2 Å². The lowest BCUT2D eigenvalue weighted by Crippen LogP contribution is -2.38. The van der Waals surface area contributed by atoms with Crippen LogP contribution >= 0.6 is 11.6 Å². The highest BCUT2D eigenvalue weighted by Crippen LogP contribution is 2.68. The van der Waals surface area contributed by atoms with Crippen LogP contribution in [-0.4, -0.2) is 64.6 Å². The Bertz CT molecular complexity index is 3230. The Morgan fingerprint density at radius 2 is 1.80 bits per heavy atom. The first kappa shape index (κ1) is 42.7. The van der Waals surface area contributed by atoms with Crippen molar-refractivity contribution < 1.29 is 44.3 Å². The molecule has 5 aromatic heterocycles. The van der Waals surface area contributed by atoms with E-state index in [-0.39, 0.29) is 74.3 Å². The van der Waals surface area contributed by atoms with E-state index in [0.717, 1.165) is 23.0 Å². The fraction of sp³-hybridized carbons (Fsp3) is 0.300. The molecule has 1 amide bonds. The Kier molecular flexibility index (Phi) is 10.4. The highest BCUT2D eigenvalue weighted by atomic mass is 35.5. The van der Waals surface area contributed by atoms with Crippen LogP contribution in [0.1, 0.15) is 64.7 Å². The maximum atomic E-state index is 15.5. The number of ether oxygens (including phenoxy) is 1. The van der Waals surface area contributed by atoms with Crippen LogP contribution in [0, 0.1) is 24.5 Å². The number of hydrogen-bond acceptors (Lipinski definition) is 11. The molecular weight excluding hydrogens is 896 g/mol. The second kappa shape index (κ2) is 15.6. The normalized spacial score (nSPS) is 16.9. The van der Waals surface area contributed by atoms with Gasteiger partial charge in [0.15, 0.2) is 17.3 Å². The van der Waals surface area contributed by atoms with Gasteiger partial charge in [0.05, 0.1) is 39.3 Å². The van der Waals surface area contributed by atoms with Crippen LogP contribution in [-0.2, 0) is 47.4 Å². The van der Waals surface area contributed by atoms with Crippen molar-refractivity contribution in [2.75, 3.05) is 11.0 Å². The molecule has 1 fully saturated rings. The third-order valence-corrected chi connectivity index (χ3v) is 11.7. The monoisotopic (exact) mass is 927 g/mol. The lowest BCUT2D eigenvalue weighted by Gasteiger charge is -2.24. The van der Waals surface area contributed by atoms with Gasteiger partial charge in [-0.05, 0) is 61.2 Å². The SMILES string of the molecule is Cc1ccnc(COc2ccc3c(=O)n(-c4ccc(Cl)c5c(NS(C)(=O)=O)nn(C)c45)c([C@H](Cc4cc(F)cc(F)c4)NC(=O)Cn4nc(C(F)F)c5c4C(F)(F)[C@@H]4C[C@H]54)nc3n2)n1. The van der Waals surface area contributed by atoms with Crippen molar-refractivity contribution in [2.24, 2.45) is 13.0 Å². The summed E-state index contributed by atoms with van der Waals surface area (Å²) in [7, 11) is -2.50. The fourth-order valence-electron chi connectivity index (χ4n) is 8.23. The highest BCUT2D eigenvalue weighted by Gasteiger charge is 2.67. The lowest BCUT2D eigenvalue weighted by molar-refractivity contribution is -0.123. The zero-order valence-electron chi connectivity index (χ0n) is 33.5. The topological polar surface area (TPSA) is 194 Å². The minimum absolute atomic E-state index is 0.00634. The highest BCUT2D eigenvalue weighted by molar-refractivity contribution is 7.92. The van der Waals surface area contributed by atoms with Gasteiger partial charge in [0.25, 0.3) is 17.9 Å². The van der Waals surface area contributed by atoms with Crippen molar-refractivity contribution in [3.05, 3.63) is 122 Å². The number of carbonyl (C=O) groups is 1. The summed E-state index contributed by atoms with van der Waals surface area (Å²) in [6.07, 6.45) is -1.33. The number of benzene rings is 2. The van der Waals surface area contributed by atoms with E-state index in [1.165, 1.54) is 42.2 Å². The summed E-state index contributed by atoms with van der Waals surface area (Å²) in [4.78, 5) is 46.7. The first-order valence-electron chi connectivity index (χ1n) is 19.3. The van der Waals surface area contributed by atoms with Gasteiger partial charge in [-0.3, -0.25) is 28.2 Å². The van der Waals surface area contributed by atoms with E-state index in [9.17, 15) is 35.6 Å². The molecule has 0 saturated heterocycles. The maximum Gasteiger partial charge on any atom is 0.293 e. The summed E-state index contributed by atoms with van der Waals surface area (Å²) >= 11 is 6.62. The number of fused-ring (bicyclic) bond motifs is 5. The van der Waals surface area contributed by atoms with E-state index < -0.39 is 87.7 Å². The molecule has 2 aromatic carbocycles. The van der Waals surface area contributed by atoms with Crippen LogP contribution in [0.15, 0.2) is 59.5 Å². The standard InChI is InChI=1S/C40H32ClF6N11O5S/c1-17-8-9-48-27(49-17)16-63-29-7-4-21-36(51-29)52-38(58(39(21)60)26-6-5-24(41)31-33(26)56(2)54-37(31)55-64(3,61)62)25(12-18-10-19(42)13-20(43)11-18)50-28(59)15-57-34-30(32(53-57)35(44)45)22-14-23(22)40(34,46)47/h4-11,13,22-23,25,35H,12,14-16H2,1-3H3,(H,50,59)(H,54,55)/t22-,23+,25-/m0/s1. The molecule has 24 heteroatoms. The average molecular weight is 928 g/mol. The Morgan fingerprint density at radius 1 is 1.05 bits per heavy atom. The molecule has 9 rings (SSSR count). The van der Waals surface area contributed by atoms with Crippen LogP contribution in [0.2, 0.25) is 5.02 Å². The largest absolute Gasteiger partial charge is 0.469 e. The molecule has 2 aliphatic carbocycles. The van der Waals surface area contributed by atoms with Crippen LogP contribution in [0.4, 0.5) is 32.2 Å². The first-order chi connectivity index (χ1) is 30.3. The Balaban J connectivity index is 1.22. The van der Waals surface area contributed by atoms with Gasteiger partial charge in [0.1, 0.15) is 42.0 Å². The number of aryl methyl sites for hydroxylation is 2. The van der Waals surface area contributed by atoms with E-state index in [1.54, 1.807) is 13.0 Å². The van der Waals surface area contributed by atoms with E-state index >= 15 is 8.78 Å². The molecule has 64 heavy (non-hydrogen) atoms. The molecular formula is C40H32ClF6N11O5S. The number of halogens is 7. The van der Waals surface area contributed by atoms with Crippen LogP contribution in [0.3, 0.4) is 0 Å². The molecule has 2 aliphatic rings. The Labute approximate surface area is 362 Å². The van der Waals surface area contributed by atoms with Gasteiger partial charge in [-0.15, -0.1) is 0 Å². The molecule has 5 heterocycles. The van der Waals surface area contributed by atoms with Crippen molar-refractivity contribution in [1.29, 1.82) is 0 Å². The van der Waals surface area contributed by atoms with Gasteiger partial charge in [-0.25, -0.2) is 40.9 Å². The van der Waals surface area contributed by atoms with Gasteiger partial charge in [-0.2, -0.15) is 24.0 Å². The summed E-state index contributed by atoms with van der Waals surface area (Å²) in [5.41, 5.74) is -2.42. The Morgan fingerprint density at radius 3 is 2.50 bits per heavy atom. The van der Waals surface area contributed by atoms with E-state index in [4.69, 9.17) is 21.3 Å². The minimum Gasteiger partial charge on any atom is -0.469 e. The predicted octanol–water partition coefficient (Wildman–Crippen LogP) is 6.09. The Hall–Kier alpha value is -6.62. The minimum atomic E-state index is -3.93. The molecule has 0 aliphatic heterocycles. The summed E-state index contributed by atoms with van der Waals surface area (Å²) in [5, 5.41) is 10.6. The number of sulfonamides is 1. The van der Waals surface area contributed by atoms with Crippen molar-refractivity contribution in [1.82, 2.24) is 49.4 Å². The van der Waals surface area contributed by atoms with Gasteiger partial charge in [-0.1, -0.05) is 11.6 Å². The lowest BCUT2D eigenvalue weighted by atomic mass is 10.0. The molecule has 1 saturated carbocycles. The van der Waals surface area contributed by atoms with Gasteiger partial charge in [0, 0.05) is 49.0 Å². The molecule has 0 radical (unpaired) electrons. The van der Waals surface area contributed by atoms with Crippen molar-refractivity contribution in [3.8, 4) is 11.6 Å². The summed E-state index contributed by atoms with van der Waals surface area (Å²) in [6.45, 7) is 0.596. The zero-order chi connectivity index (χ0) is 45.6. The van der Waals surface area contributed by atoms with Gasteiger partial charge in [0.2, 0.25) is 21.8 Å². The van der Waals surface area contributed by atoms with Crippen molar-refractivity contribution in [2.45, 2.75) is 57.2 Å². The van der Waals surface area contributed by atoms with Gasteiger partial charge >= 0.3 is 0 Å². The third kappa shape index (κ3) is 7.75. The fourth-order valence-corrected chi connectivity index (χ4v) is 8.97. The number of amides is 1. The quantitative estimate of drug-likeness (QED) is 0.127.